The van der Waals surface area contributed by atoms with Gasteiger partial charge in [0.1, 0.15) is 0 Å². The van der Waals surface area contributed by atoms with Crippen LogP contribution < -0.4 is 5.01 Å². The van der Waals surface area contributed by atoms with Crippen molar-refractivity contribution in [3.05, 3.63) is 113 Å². The number of anilines is 1. The van der Waals surface area contributed by atoms with Crippen LogP contribution in [0.25, 0.3) is 23.0 Å². The minimum Gasteiger partial charge on any atom is -0.267 e. The topological polar surface area (TPSA) is 58.5 Å². The first-order valence-electron chi connectivity index (χ1n) is 10.4. The summed E-state index contributed by atoms with van der Waals surface area (Å²) in [5.41, 5.74) is 4.70. The lowest BCUT2D eigenvalue weighted by molar-refractivity contribution is -0.113. The van der Waals surface area contributed by atoms with E-state index in [4.69, 9.17) is 9.97 Å². The molecule has 0 radical (unpaired) electrons. The van der Waals surface area contributed by atoms with Gasteiger partial charge in [0.2, 0.25) is 0 Å². The number of rotatable bonds is 4. The normalized spacial score (nSPS) is 14.3. The van der Waals surface area contributed by atoms with E-state index in [2.05, 4.69) is 5.10 Å². The largest absolute Gasteiger partial charge is 0.280 e. The van der Waals surface area contributed by atoms with E-state index in [0.29, 0.717) is 22.8 Å². The summed E-state index contributed by atoms with van der Waals surface area (Å²) in [6, 6.07) is 29.2. The number of fused-ring (bicyclic) bond motifs is 1. The van der Waals surface area contributed by atoms with Crippen LogP contribution in [0.4, 0.5) is 5.82 Å². The van der Waals surface area contributed by atoms with Gasteiger partial charge in [0.15, 0.2) is 11.6 Å². The van der Waals surface area contributed by atoms with Crippen LogP contribution in [0.2, 0.25) is 0 Å². The van der Waals surface area contributed by atoms with E-state index >= 15 is 0 Å². The van der Waals surface area contributed by atoms with E-state index in [-0.39, 0.29) is 5.91 Å². The van der Waals surface area contributed by atoms with Gasteiger partial charge in [-0.2, -0.15) is 10.1 Å². The van der Waals surface area contributed by atoms with E-state index in [9.17, 15) is 4.79 Å². The van der Waals surface area contributed by atoms with Crippen LogP contribution in [0.1, 0.15) is 22.4 Å². The fourth-order valence-electron chi connectivity index (χ4n) is 3.68. The molecule has 0 aliphatic carbocycles. The molecule has 0 fully saturated rings. The summed E-state index contributed by atoms with van der Waals surface area (Å²) in [5.74, 6) is 0.838. The molecule has 0 unspecified atom stereocenters. The number of carbonyl (C=O) groups is 1. The van der Waals surface area contributed by atoms with Crippen molar-refractivity contribution in [2.24, 2.45) is 5.10 Å². The van der Waals surface area contributed by atoms with Crippen molar-refractivity contribution in [1.82, 2.24) is 9.97 Å². The molecule has 32 heavy (non-hydrogen) atoms. The molecule has 0 saturated heterocycles. The van der Waals surface area contributed by atoms with Crippen molar-refractivity contribution in [2.75, 3.05) is 5.01 Å². The van der Waals surface area contributed by atoms with E-state index in [1.807, 2.05) is 104 Å². The summed E-state index contributed by atoms with van der Waals surface area (Å²) < 4.78 is 0. The fourth-order valence-corrected chi connectivity index (χ4v) is 3.68. The number of aromatic nitrogens is 2. The lowest BCUT2D eigenvalue weighted by Crippen LogP contribution is -2.21. The first-order chi connectivity index (χ1) is 15.7. The van der Waals surface area contributed by atoms with E-state index in [1.165, 1.54) is 5.01 Å². The predicted molar refractivity (Wildman–Crippen MR) is 128 cm³/mol. The number of hydrogen-bond acceptors (Lipinski definition) is 4. The van der Waals surface area contributed by atoms with Crippen LogP contribution in [0.5, 0.6) is 0 Å². The molecule has 4 aromatic rings. The molecule has 0 N–H and O–H groups in total. The number of benzene rings is 3. The molecule has 0 bridgehead atoms. The Morgan fingerprint density at radius 1 is 0.781 bits per heavy atom. The molecule has 5 nitrogen and oxygen atoms in total. The average molecular weight is 416 g/mol. The van der Waals surface area contributed by atoms with Crippen molar-refractivity contribution in [3.8, 4) is 11.4 Å². The third-order valence-electron chi connectivity index (χ3n) is 5.23. The van der Waals surface area contributed by atoms with Crippen LogP contribution >= 0.6 is 0 Å². The van der Waals surface area contributed by atoms with Crippen molar-refractivity contribution in [2.45, 2.75) is 6.92 Å². The first-order valence-corrected chi connectivity index (χ1v) is 10.4. The molecule has 1 aliphatic rings. The highest BCUT2D eigenvalue weighted by Gasteiger charge is 2.36. The fraction of sp³-hybridized carbons (Fsp3) is 0.0370. The van der Waals surface area contributed by atoms with Gasteiger partial charge < -0.3 is 0 Å². The first kappa shape index (κ1) is 19.6. The molecule has 0 atom stereocenters. The molecular formula is C27H20N4O. The zero-order valence-corrected chi connectivity index (χ0v) is 17.5. The van der Waals surface area contributed by atoms with E-state index in [0.717, 1.165) is 22.4 Å². The number of aryl methyl sites for hydroxylation is 1. The zero-order chi connectivity index (χ0) is 21.9. The van der Waals surface area contributed by atoms with E-state index < -0.39 is 0 Å². The Labute approximate surface area is 186 Å². The van der Waals surface area contributed by atoms with Crippen LogP contribution in [0.15, 0.2) is 96.1 Å². The highest BCUT2D eigenvalue weighted by atomic mass is 16.2. The second kappa shape index (κ2) is 8.40. The molecule has 1 aliphatic heterocycles. The summed E-state index contributed by atoms with van der Waals surface area (Å²) in [6.45, 7) is 1.91. The molecule has 1 amide bonds. The average Bonchev–Trinajstić information content (AvgIpc) is 3.10. The quantitative estimate of drug-likeness (QED) is 0.332. The monoisotopic (exact) mass is 416 g/mol. The number of carbonyl (C=O) groups excluding carboxylic acids is 1. The van der Waals surface area contributed by atoms with Crippen molar-refractivity contribution in [1.29, 1.82) is 0 Å². The summed E-state index contributed by atoms with van der Waals surface area (Å²) in [6.07, 6.45) is 3.55. The molecule has 5 heteroatoms. The third kappa shape index (κ3) is 3.72. The molecular weight excluding hydrogens is 396 g/mol. The van der Waals surface area contributed by atoms with E-state index in [1.54, 1.807) is 6.21 Å². The van der Waals surface area contributed by atoms with Gasteiger partial charge in [-0.1, -0.05) is 91.0 Å². The van der Waals surface area contributed by atoms with Gasteiger partial charge in [0.25, 0.3) is 5.91 Å². The summed E-state index contributed by atoms with van der Waals surface area (Å²) in [5, 5.41) is 5.88. The van der Waals surface area contributed by atoms with Gasteiger partial charge in [0, 0.05) is 5.56 Å². The number of hydrazone groups is 1. The van der Waals surface area contributed by atoms with Gasteiger partial charge in [-0.05, 0) is 24.1 Å². The molecule has 2 heterocycles. The number of amides is 1. The third-order valence-corrected chi connectivity index (χ3v) is 5.23. The molecule has 154 valence electrons. The maximum absolute atomic E-state index is 13.5. The van der Waals surface area contributed by atoms with Crippen LogP contribution in [0, 0.1) is 6.92 Å². The Morgan fingerprint density at radius 2 is 1.38 bits per heavy atom. The summed E-state index contributed by atoms with van der Waals surface area (Å²) >= 11 is 0. The Bertz CT molecular complexity index is 1330. The Balaban J connectivity index is 1.66. The highest BCUT2D eigenvalue weighted by Crippen LogP contribution is 2.39. The Morgan fingerprint density at radius 3 is 2.03 bits per heavy atom. The number of nitrogens with zero attached hydrogens (tertiary/aromatic N) is 4. The van der Waals surface area contributed by atoms with Gasteiger partial charge in [0.05, 0.1) is 23.0 Å². The molecule has 3 aromatic carbocycles. The summed E-state index contributed by atoms with van der Waals surface area (Å²) in [4.78, 5) is 22.9. The number of hydrogen-bond donors (Lipinski definition) is 0. The van der Waals surface area contributed by atoms with Crippen molar-refractivity contribution < 1.29 is 4.79 Å². The lowest BCUT2D eigenvalue weighted by atomic mass is 10.0. The maximum atomic E-state index is 13.5. The van der Waals surface area contributed by atoms with Crippen LogP contribution in [-0.2, 0) is 4.79 Å². The smallest absolute Gasteiger partial charge is 0.267 e. The Hall–Kier alpha value is -4.38. The SMILES string of the molecule is Cc1nc(-c2ccccc2)nc2c1/C(=C/c1ccccc1)C(=O)N2/N=C/c1ccccc1. The minimum absolute atomic E-state index is 0.223. The van der Waals surface area contributed by atoms with Crippen molar-refractivity contribution in [3.63, 3.8) is 0 Å². The van der Waals surface area contributed by atoms with Gasteiger partial charge >= 0.3 is 0 Å². The highest BCUT2D eigenvalue weighted by molar-refractivity contribution is 6.35. The van der Waals surface area contributed by atoms with Gasteiger partial charge in [-0.15, -0.1) is 0 Å². The summed E-state index contributed by atoms with van der Waals surface area (Å²) in [7, 11) is 0. The maximum Gasteiger partial charge on any atom is 0.280 e. The lowest BCUT2D eigenvalue weighted by Gasteiger charge is -2.11. The van der Waals surface area contributed by atoms with Gasteiger partial charge in [-0.3, -0.25) is 4.79 Å². The van der Waals surface area contributed by atoms with Gasteiger partial charge in [-0.25, -0.2) is 9.97 Å². The predicted octanol–water partition coefficient (Wildman–Crippen LogP) is 5.37. The second-order valence-corrected chi connectivity index (χ2v) is 7.44. The standard InChI is InChI=1S/C27H20N4O/c1-19-24-23(17-20-11-5-2-6-12-20)27(32)31(28-18-21-13-7-3-8-14-21)26(24)30-25(29-19)22-15-9-4-10-16-22/h2-18H,1H3/b23-17-,28-18+. The minimum atomic E-state index is -0.223. The second-order valence-electron chi connectivity index (χ2n) is 7.44. The van der Waals surface area contributed by atoms with Crippen LogP contribution in [-0.4, -0.2) is 22.1 Å². The molecule has 5 rings (SSSR count). The zero-order valence-electron chi connectivity index (χ0n) is 17.5. The van der Waals surface area contributed by atoms with Crippen molar-refractivity contribution >= 4 is 29.6 Å². The molecule has 1 aromatic heterocycles. The van der Waals surface area contributed by atoms with Crippen LogP contribution in [0.3, 0.4) is 0 Å². The molecule has 0 saturated carbocycles. The Kier molecular flexibility index (Phi) is 5.14. The molecule has 0 spiro atoms.